The first-order valence-corrected chi connectivity index (χ1v) is 13.4. The fourth-order valence-corrected chi connectivity index (χ4v) is 5.31. The maximum atomic E-state index is 15.4. The number of carbonyl (C=O) groups excluding carboxylic acids is 1. The molecule has 2 aromatic heterocycles. The van der Waals surface area contributed by atoms with E-state index in [1.807, 2.05) is 30.3 Å². The Morgan fingerprint density at radius 1 is 1.15 bits per heavy atom. The molecule has 1 aliphatic carbocycles. The van der Waals surface area contributed by atoms with Crippen molar-refractivity contribution in [1.82, 2.24) is 15.3 Å². The molecule has 0 radical (unpaired) electrons. The van der Waals surface area contributed by atoms with Gasteiger partial charge in [0.25, 0.3) is 5.56 Å². The van der Waals surface area contributed by atoms with E-state index in [-0.39, 0.29) is 41.7 Å². The van der Waals surface area contributed by atoms with Crippen LogP contribution in [0.4, 0.5) is 18.0 Å². The number of benzene rings is 2. The normalized spacial score (nSPS) is 18.6. The number of halogens is 3. The number of carbonyl (C=O) groups is 1. The van der Waals surface area contributed by atoms with Gasteiger partial charge in [-0.05, 0) is 60.9 Å². The zero-order valence-electron chi connectivity index (χ0n) is 22.4. The monoisotopic (exact) mass is 569 g/mol. The highest BCUT2D eigenvalue weighted by atomic mass is 19.1. The molecule has 1 amide bonds. The van der Waals surface area contributed by atoms with Crippen LogP contribution < -0.4 is 10.9 Å². The summed E-state index contributed by atoms with van der Waals surface area (Å²) in [6.45, 7) is 0.0222. The number of methoxy groups -OCH3 is 1. The van der Waals surface area contributed by atoms with E-state index in [4.69, 9.17) is 13.9 Å². The zero-order valence-corrected chi connectivity index (χ0v) is 22.4. The van der Waals surface area contributed by atoms with Crippen molar-refractivity contribution in [2.45, 2.75) is 50.4 Å². The highest BCUT2D eigenvalue weighted by molar-refractivity contribution is 5.75. The molecule has 0 unspecified atom stereocenters. The molecule has 2 aromatic carbocycles. The summed E-state index contributed by atoms with van der Waals surface area (Å²) < 4.78 is 59.8. The molecule has 4 aromatic rings. The molecule has 2 heterocycles. The number of aromatic nitrogens is 2. The number of nitrogens with one attached hydrogen (secondary N) is 2. The molecule has 1 aliphatic rings. The average Bonchev–Trinajstić information content (AvgIpc) is 3.41. The third-order valence-electron chi connectivity index (χ3n) is 7.42. The Morgan fingerprint density at radius 2 is 1.90 bits per heavy atom. The van der Waals surface area contributed by atoms with Crippen LogP contribution in [0.15, 0.2) is 63.9 Å². The van der Waals surface area contributed by atoms with Gasteiger partial charge in [0.15, 0.2) is 11.4 Å². The lowest BCUT2D eigenvalue weighted by molar-refractivity contribution is 0.119. The van der Waals surface area contributed by atoms with Crippen molar-refractivity contribution in [2.24, 2.45) is 5.92 Å². The number of alkyl carbamates (subject to hydrolysis) is 1. The van der Waals surface area contributed by atoms with Gasteiger partial charge in [-0.1, -0.05) is 30.3 Å². The number of oxazole rings is 1. The first-order valence-electron chi connectivity index (χ1n) is 13.4. The minimum atomic E-state index is -0.927. The Bertz CT molecular complexity index is 1550. The van der Waals surface area contributed by atoms with Gasteiger partial charge in [0.1, 0.15) is 30.2 Å². The van der Waals surface area contributed by atoms with Crippen LogP contribution in [0, 0.1) is 17.6 Å². The lowest BCUT2D eigenvalue weighted by Crippen LogP contribution is -2.36. The summed E-state index contributed by atoms with van der Waals surface area (Å²) in [5.41, 5.74) is 0.674. The molecular formula is C30H30F3N3O5. The van der Waals surface area contributed by atoms with E-state index in [9.17, 15) is 18.4 Å². The second kappa shape index (κ2) is 12.6. The number of fused-ring (bicyclic) bond motifs is 1. The second-order valence-corrected chi connectivity index (χ2v) is 10.2. The lowest BCUT2D eigenvalue weighted by Gasteiger charge is -2.30. The van der Waals surface area contributed by atoms with Gasteiger partial charge in [0.2, 0.25) is 5.89 Å². The molecule has 5 rings (SSSR count). The summed E-state index contributed by atoms with van der Waals surface area (Å²) in [4.78, 5) is 32.1. The van der Waals surface area contributed by atoms with Crippen LogP contribution in [0.5, 0.6) is 0 Å². The number of H-pyrrole nitrogens is 1. The zero-order chi connectivity index (χ0) is 28.9. The second-order valence-electron chi connectivity index (χ2n) is 10.2. The third kappa shape index (κ3) is 6.62. The maximum Gasteiger partial charge on any atom is 0.408 e. The largest absolute Gasteiger partial charge is 0.445 e. The predicted molar refractivity (Wildman–Crippen MR) is 144 cm³/mol. The highest BCUT2D eigenvalue weighted by Gasteiger charge is 2.34. The molecule has 0 spiro atoms. The number of ether oxygens (including phenoxy) is 2. The van der Waals surface area contributed by atoms with Crippen molar-refractivity contribution in [3.63, 3.8) is 0 Å². The maximum absolute atomic E-state index is 15.4. The van der Waals surface area contributed by atoms with Crippen molar-refractivity contribution in [2.75, 3.05) is 13.7 Å². The summed E-state index contributed by atoms with van der Waals surface area (Å²) in [6.07, 6.45) is 0.880. The molecule has 2 N–H and O–H groups in total. The molecule has 8 nitrogen and oxygen atoms in total. The smallest absolute Gasteiger partial charge is 0.408 e. The number of aromatic amines is 1. The van der Waals surface area contributed by atoms with Crippen LogP contribution in [0.25, 0.3) is 11.1 Å². The van der Waals surface area contributed by atoms with E-state index in [1.165, 1.54) is 13.2 Å². The van der Waals surface area contributed by atoms with Gasteiger partial charge in [-0.2, -0.15) is 0 Å². The lowest BCUT2D eigenvalue weighted by atomic mass is 9.83. The van der Waals surface area contributed by atoms with E-state index in [0.29, 0.717) is 31.2 Å². The number of pyridine rings is 1. The molecule has 0 aliphatic heterocycles. The summed E-state index contributed by atoms with van der Waals surface area (Å²) in [6, 6.07) is 12.2. The molecule has 216 valence electrons. The van der Waals surface area contributed by atoms with Crippen LogP contribution >= 0.6 is 0 Å². The molecule has 1 saturated carbocycles. The van der Waals surface area contributed by atoms with Gasteiger partial charge in [0, 0.05) is 24.8 Å². The molecule has 0 bridgehead atoms. The summed E-state index contributed by atoms with van der Waals surface area (Å²) >= 11 is 0. The molecule has 41 heavy (non-hydrogen) atoms. The fourth-order valence-electron chi connectivity index (χ4n) is 5.31. The van der Waals surface area contributed by atoms with Gasteiger partial charge in [-0.25, -0.2) is 22.9 Å². The molecule has 11 heteroatoms. The Kier molecular flexibility index (Phi) is 8.72. The first kappa shape index (κ1) is 28.4. The Labute approximate surface area is 233 Å². The van der Waals surface area contributed by atoms with Gasteiger partial charge in [-0.15, -0.1) is 0 Å². The van der Waals surface area contributed by atoms with E-state index in [1.54, 1.807) is 6.07 Å². The van der Waals surface area contributed by atoms with Crippen molar-refractivity contribution < 1.29 is 31.9 Å². The Hall–Kier alpha value is -4.12. The molecule has 0 saturated heterocycles. The van der Waals surface area contributed by atoms with Crippen LogP contribution in [0.2, 0.25) is 0 Å². The minimum Gasteiger partial charge on any atom is -0.445 e. The van der Waals surface area contributed by atoms with Crippen LogP contribution in [0.1, 0.15) is 60.2 Å². The predicted octanol–water partition coefficient (Wildman–Crippen LogP) is 6.07. The number of nitrogens with zero attached hydrogens (tertiary/aromatic N) is 1. The fraction of sp³-hybridized carbons (Fsp3) is 0.367. The van der Waals surface area contributed by atoms with Crippen LogP contribution in [-0.4, -0.2) is 35.9 Å². The van der Waals surface area contributed by atoms with Gasteiger partial charge >= 0.3 is 6.09 Å². The van der Waals surface area contributed by atoms with Gasteiger partial charge in [-0.3, -0.25) is 4.79 Å². The topological polar surface area (TPSA) is 106 Å². The van der Waals surface area contributed by atoms with E-state index in [2.05, 4.69) is 15.3 Å². The molecule has 2 atom stereocenters. The number of rotatable bonds is 9. The standard InChI is InChI=1S/C30H30F3N3O5/c1-39-16-23(22-13-21(32)14-34-28(22)37)19-11-24(33)27-25(12-19)35-29(41-27)26(18-7-9-20(31)10-8-18)36-30(38)40-15-17-5-3-2-4-6-17/h2-6,11-14,18,20,23,26H,7-10,15-16H2,1H3,(H,34,37)(H,36,38)/t18?,20?,23-,26+/m1/s1. The van der Waals surface area contributed by atoms with E-state index < -0.39 is 41.4 Å². The number of hydrogen-bond acceptors (Lipinski definition) is 6. The molecular weight excluding hydrogens is 539 g/mol. The SMILES string of the molecule is COC[C@H](c1cc(F)c2oc([C@@H](NC(=O)OCc3ccccc3)C3CCC(F)CC3)nc2c1)c1cc(F)c[nH]c1=O. The van der Waals surface area contributed by atoms with Gasteiger partial charge in [0.05, 0.1) is 6.61 Å². The highest BCUT2D eigenvalue weighted by Crippen LogP contribution is 2.37. The third-order valence-corrected chi connectivity index (χ3v) is 7.42. The van der Waals surface area contributed by atoms with Gasteiger partial charge < -0.3 is 24.2 Å². The number of hydrogen-bond donors (Lipinski definition) is 2. The number of amides is 1. The number of alkyl halides is 1. The molecule has 1 fully saturated rings. The van der Waals surface area contributed by atoms with Crippen LogP contribution in [0.3, 0.4) is 0 Å². The minimum absolute atomic E-state index is 0.0217. The van der Waals surface area contributed by atoms with E-state index in [0.717, 1.165) is 17.8 Å². The average molecular weight is 570 g/mol. The summed E-state index contributed by atoms with van der Waals surface area (Å²) in [5, 5.41) is 2.80. The quantitative estimate of drug-likeness (QED) is 0.254. The first-order chi connectivity index (χ1) is 19.8. The van der Waals surface area contributed by atoms with Crippen molar-refractivity contribution in [1.29, 1.82) is 0 Å². The Balaban J connectivity index is 1.46. The van der Waals surface area contributed by atoms with Crippen LogP contribution in [-0.2, 0) is 16.1 Å². The van der Waals surface area contributed by atoms with E-state index >= 15 is 4.39 Å². The van der Waals surface area contributed by atoms with Crippen molar-refractivity contribution in [3.8, 4) is 0 Å². The summed E-state index contributed by atoms with van der Waals surface area (Å²) in [7, 11) is 1.42. The Morgan fingerprint density at radius 3 is 2.63 bits per heavy atom. The van der Waals surface area contributed by atoms with Crippen molar-refractivity contribution in [3.05, 3.63) is 99.3 Å². The summed E-state index contributed by atoms with van der Waals surface area (Å²) in [5.74, 6) is -2.35. The van der Waals surface area contributed by atoms with Crippen molar-refractivity contribution >= 4 is 17.2 Å².